The molecule has 1 unspecified atom stereocenters. The van der Waals surface area contributed by atoms with Crippen LogP contribution in [0.1, 0.15) is 21.7 Å². The van der Waals surface area contributed by atoms with Crippen LogP contribution in [0.25, 0.3) is 5.65 Å². The Balaban J connectivity index is 2.02. The fourth-order valence-corrected chi connectivity index (χ4v) is 2.76. The van der Waals surface area contributed by atoms with Crippen molar-refractivity contribution in [2.45, 2.75) is 19.4 Å². The number of hydroxylamine groups is 2. The van der Waals surface area contributed by atoms with Gasteiger partial charge in [-0.3, -0.25) is 9.63 Å². The predicted octanol–water partition coefficient (Wildman–Crippen LogP) is 0.807. The van der Waals surface area contributed by atoms with E-state index < -0.39 is 0 Å². The third kappa shape index (κ3) is 3.21. The number of amides is 1. The van der Waals surface area contributed by atoms with Gasteiger partial charge in [-0.2, -0.15) is 0 Å². The summed E-state index contributed by atoms with van der Waals surface area (Å²) in [7, 11) is 3.05. The van der Waals surface area contributed by atoms with E-state index in [1.807, 2.05) is 29.7 Å². The Morgan fingerprint density at radius 3 is 3.13 bits per heavy atom. The molecule has 7 nitrogen and oxygen atoms in total. The number of morpholine rings is 1. The molecule has 1 aliphatic heterocycles. The monoisotopic (exact) mass is 318 g/mol. The molecule has 0 radical (unpaired) electrons. The highest BCUT2D eigenvalue weighted by molar-refractivity contribution is 5.93. The van der Waals surface area contributed by atoms with E-state index in [0.29, 0.717) is 18.7 Å². The van der Waals surface area contributed by atoms with Crippen LogP contribution in [0.5, 0.6) is 0 Å². The number of fused-ring (bicyclic) bond motifs is 1. The average molecular weight is 318 g/mol. The molecule has 1 N–H and O–H groups in total. The second-order valence-electron chi connectivity index (χ2n) is 5.73. The van der Waals surface area contributed by atoms with Crippen LogP contribution in [0.2, 0.25) is 0 Å². The Labute approximate surface area is 135 Å². The van der Waals surface area contributed by atoms with Crippen LogP contribution in [0, 0.1) is 6.92 Å². The van der Waals surface area contributed by atoms with Crippen LogP contribution in [0.15, 0.2) is 18.3 Å². The van der Waals surface area contributed by atoms with Gasteiger partial charge in [0.25, 0.3) is 5.91 Å². The Bertz CT molecular complexity index is 707. The lowest BCUT2D eigenvalue weighted by atomic mass is 10.1. The minimum absolute atomic E-state index is 0.0318. The summed E-state index contributed by atoms with van der Waals surface area (Å²) in [6.07, 6.45) is 2.60. The molecule has 1 amide bonds. The molecule has 1 fully saturated rings. The van der Waals surface area contributed by atoms with E-state index in [4.69, 9.17) is 9.57 Å². The van der Waals surface area contributed by atoms with Gasteiger partial charge in [0, 0.05) is 32.8 Å². The van der Waals surface area contributed by atoms with Gasteiger partial charge in [-0.1, -0.05) is 0 Å². The number of nitrogens with one attached hydrogen (secondary N) is 1. The fourth-order valence-electron chi connectivity index (χ4n) is 2.76. The van der Waals surface area contributed by atoms with Gasteiger partial charge < -0.3 is 14.5 Å². The second kappa shape index (κ2) is 6.66. The number of pyridine rings is 1. The standard InChI is InChI=1S/C16H22N4O3/c1-11-4-6-20-13(9-12-10-17-5-7-23-12)15(18-14(20)8-11)16(21)19(2)22-3/h4,6,8,12,17H,5,7,9-10H2,1-3H3. The minimum Gasteiger partial charge on any atom is -0.375 e. The highest BCUT2D eigenvalue weighted by atomic mass is 16.7. The molecule has 0 spiro atoms. The van der Waals surface area contributed by atoms with Crippen LogP contribution in [-0.2, 0) is 16.0 Å². The van der Waals surface area contributed by atoms with Crippen molar-refractivity contribution in [1.82, 2.24) is 19.8 Å². The number of rotatable bonds is 4. The Morgan fingerprint density at radius 1 is 1.61 bits per heavy atom. The van der Waals surface area contributed by atoms with Crippen LogP contribution < -0.4 is 5.32 Å². The SMILES string of the molecule is CON(C)C(=O)c1nc2cc(C)ccn2c1CC1CNCCO1. The van der Waals surface area contributed by atoms with E-state index >= 15 is 0 Å². The van der Waals surface area contributed by atoms with Gasteiger partial charge in [-0.25, -0.2) is 10.0 Å². The van der Waals surface area contributed by atoms with Crippen molar-refractivity contribution in [3.05, 3.63) is 35.3 Å². The molecule has 0 saturated carbocycles. The summed E-state index contributed by atoms with van der Waals surface area (Å²) in [5.74, 6) is -0.257. The zero-order valence-corrected chi connectivity index (χ0v) is 13.7. The van der Waals surface area contributed by atoms with Crippen LogP contribution in [-0.4, -0.2) is 60.3 Å². The van der Waals surface area contributed by atoms with E-state index in [9.17, 15) is 4.79 Å². The Morgan fingerprint density at radius 2 is 2.43 bits per heavy atom. The predicted molar refractivity (Wildman–Crippen MR) is 85.3 cm³/mol. The van der Waals surface area contributed by atoms with Gasteiger partial charge in [-0.15, -0.1) is 0 Å². The molecule has 2 aromatic heterocycles. The lowest BCUT2D eigenvalue weighted by Crippen LogP contribution is -2.40. The quantitative estimate of drug-likeness (QED) is 0.845. The van der Waals surface area contributed by atoms with E-state index in [0.717, 1.165) is 30.0 Å². The molecule has 1 atom stereocenters. The first-order valence-corrected chi connectivity index (χ1v) is 7.72. The van der Waals surface area contributed by atoms with Crippen LogP contribution in [0.4, 0.5) is 0 Å². The first kappa shape index (κ1) is 15.9. The molecule has 7 heteroatoms. The fraction of sp³-hybridized carbons (Fsp3) is 0.500. The third-order valence-corrected chi connectivity index (χ3v) is 4.07. The van der Waals surface area contributed by atoms with Gasteiger partial charge in [0.15, 0.2) is 5.69 Å². The number of ether oxygens (including phenoxy) is 1. The maximum Gasteiger partial charge on any atom is 0.297 e. The molecule has 2 aromatic rings. The summed E-state index contributed by atoms with van der Waals surface area (Å²) >= 11 is 0. The highest BCUT2D eigenvalue weighted by Crippen LogP contribution is 2.19. The first-order valence-electron chi connectivity index (χ1n) is 7.72. The van der Waals surface area contributed by atoms with Crippen molar-refractivity contribution in [3.63, 3.8) is 0 Å². The van der Waals surface area contributed by atoms with Gasteiger partial charge in [-0.05, 0) is 24.6 Å². The van der Waals surface area contributed by atoms with Crippen molar-refractivity contribution in [2.75, 3.05) is 33.9 Å². The van der Waals surface area contributed by atoms with Gasteiger partial charge in [0.1, 0.15) is 5.65 Å². The summed E-state index contributed by atoms with van der Waals surface area (Å²) in [5.41, 5.74) is 3.12. The maximum absolute atomic E-state index is 12.6. The smallest absolute Gasteiger partial charge is 0.297 e. The Hall–Kier alpha value is -1.96. The van der Waals surface area contributed by atoms with E-state index in [1.165, 1.54) is 12.2 Å². The van der Waals surface area contributed by atoms with Crippen molar-refractivity contribution in [3.8, 4) is 0 Å². The zero-order chi connectivity index (χ0) is 16.4. The summed E-state index contributed by atoms with van der Waals surface area (Å²) in [4.78, 5) is 22.1. The van der Waals surface area contributed by atoms with Gasteiger partial charge in [0.2, 0.25) is 0 Å². The minimum atomic E-state index is -0.257. The number of hydrogen-bond acceptors (Lipinski definition) is 5. The number of carbonyl (C=O) groups excluding carboxylic acids is 1. The molecule has 0 aromatic carbocycles. The second-order valence-corrected chi connectivity index (χ2v) is 5.73. The third-order valence-electron chi connectivity index (χ3n) is 4.07. The summed E-state index contributed by atoms with van der Waals surface area (Å²) < 4.78 is 7.75. The topological polar surface area (TPSA) is 68.1 Å². The van der Waals surface area contributed by atoms with E-state index in [2.05, 4.69) is 10.3 Å². The normalized spacial score (nSPS) is 18.3. The lowest BCUT2D eigenvalue weighted by molar-refractivity contribution is -0.0761. The summed E-state index contributed by atoms with van der Waals surface area (Å²) in [6.45, 7) is 4.32. The number of nitrogens with zero attached hydrogens (tertiary/aromatic N) is 3. The van der Waals surface area contributed by atoms with Crippen molar-refractivity contribution in [1.29, 1.82) is 0 Å². The molecule has 0 bridgehead atoms. The Kier molecular flexibility index (Phi) is 4.61. The maximum atomic E-state index is 12.6. The van der Waals surface area contributed by atoms with Gasteiger partial charge >= 0.3 is 0 Å². The van der Waals surface area contributed by atoms with E-state index in [-0.39, 0.29) is 12.0 Å². The molecule has 124 valence electrons. The number of hydrogen-bond donors (Lipinski definition) is 1. The zero-order valence-electron chi connectivity index (χ0n) is 13.7. The van der Waals surface area contributed by atoms with Crippen molar-refractivity contribution >= 4 is 11.6 Å². The largest absolute Gasteiger partial charge is 0.375 e. The number of carbonyl (C=O) groups is 1. The average Bonchev–Trinajstić information content (AvgIpc) is 2.92. The molecule has 23 heavy (non-hydrogen) atoms. The number of aromatic nitrogens is 2. The molecular formula is C16H22N4O3. The molecule has 3 rings (SSSR count). The van der Waals surface area contributed by atoms with Crippen molar-refractivity contribution < 1.29 is 14.4 Å². The van der Waals surface area contributed by atoms with E-state index in [1.54, 1.807) is 7.05 Å². The van der Waals surface area contributed by atoms with Crippen molar-refractivity contribution in [2.24, 2.45) is 0 Å². The molecular weight excluding hydrogens is 296 g/mol. The molecule has 3 heterocycles. The first-order chi connectivity index (χ1) is 11.1. The lowest BCUT2D eigenvalue weighted by Gasteiger charge is -2.24. The summed E-state index contributed by atoms with van der Waals surface area (Å²) in [5, 5.41) is 4.50. The van der Waals surface area contributed by atoms with Crippen LogP contribution in [0.3, 0.4) is 0 Å². The summed E-state index contributed by atoms with van der Waals surface area (Å²) in [6, 6.07) is 3.97. The highest BCUT2D eigenvalue weighted by Gasteiger charge is 2.25. The van der Waals surface area contributed by atoms with Crippen LogP contribution >= 0.6 is 0 Å². The number of imidazole rings is 1. The van der Waals surface area contributed by atoms with Gasteiger partial charge in [0.05, 0.1) is 25.5 Å². The molecule has 1 aliphatic rings. The number of aryl methyl sites for hydroxylation is 1. The molecule has 1 saturated heterocycles. The molecule has 0 aliphatic carbocycles.